The van der Waals surface area contributed by atoms with Crippen molar-refractivity contribution in [1.29, 1.82) is 0 Å². The van der Waals surface area contributed by atoms with Gasteiger partial charge in [0.05, 0.1) is 0 Å². The Hall–Kier alpha value is -1.21. The second-order valence-electron chi connectivity index (χ2n) is 6.36. The van der Waals surface area contributed by atoms with Crippen molar-refractivity contribution in [3.63, 3.8) is 0 Å². The fraction of sp³-hybridized carbons (Fsp3) is 0.375. The van der Waals surface area contributed by atoms with Gasteiger partial charge in [0.2, 0.25) is 5.28 Å². The van der Waals surface area contributed by atoms with E-state index in [2.05, 4.69) is 14.7 Å². The summed E-state index contributed by atoms with van der Waals surface area (Å²) >= 11 is 4.40. The lowest BCUT2D eigenvalue weighted by Crippen LogP contribution is -2.50. The molecule has 0 aliphatic carbocycles. The van der Waals surface area contributed by atoms with Crippen LogP contribution in [0, 0.1) is 5.82 Å². The number of aromatic nitrogens is 2. The molecule has 0 bridgehead atoms. The minimum atomic E-state index is -1.35. The average Bonchev–Trinajstić information content (AvgIpc) is 2.47. The molecule has 0 radical (unpaired) electrons. The van der Waals surface area contributed by atoms with Crippen molar-refractivity contribution in [3.05, 3.63) is 58.9 Å². The number of nitrogens with one attached hydrogen (secondary N) is 1. The molecule has 1 N–H and O–H groups in total. The van der Waals surface area contributed by atoms with Crippen LogP contribution in [-0.4, -0.2) is 19.3 Å². The molecular formula is C16H19ClFN3OS. The third kappa shape index (κ3) is 4.20. The molecule has 1 aromatic carbocycles. The van der Waals surface area contributed by atoms with E-state index in [-0.39, 0.29) is 11.1 Å². The summed E-state index contributed by atoms with van der Waals surface area (Å²) < 4.78 is 28.5. The van der Waals surface area contributed by atoms with E-state index in [1.54, 1.807) is 24.5 Å². The largest absolute Gasteiger partial charge is 0.598 e. The maximum atomic E-state index is 13.3. The van der Waals surface area contributed by atoms with E-state index in [0.29, 0.717) is 5.56 Å². The van der Waals surface area contributed by atoms with Gasteiger partial charge in [-0.25, -0.2) is 14.4 Å². The SMILES string of the molecule is CC(N[S+]([O-])C(C)(C)C)(c1ccc(F)cc1)c1cnc(Cl)nc1. The number of hydrogen-bond acceptors (Lipinski definition) is 4. The zero-order valence-corrected chi connectivity index (χ0v) is 15.0. The molecule has 2 aromatic rings. The van der Waals surface area contributed by atoms with E-state index in [1.165, 1.54) is 12.1 Å². The first-order valence-electron chi connectivity index (χ1n) is 7.07. The van der Waals surface area contributed by atoms with Crippen LogP contribution < -0.4 is 4.72 Å². The van der Waals surface area contributed by atoms with E-state index >= 15 is 0 Å². The molecule has 2 unspecified atom stereocenters. The molecule has 2 rings (SSSR count). The van der Waals surface area contributed by atoms with Crippen LogP contribution in [0.2, 0.25) is 5.28 Å². The second-order valence-corrected chi connectivity index (χ2v) is 8.66. The van der Waals surface area contributed by atoms with Gasteiger partial charge in [0.25, 0.3) is 0 Å². The zero-order chi connectivity index (χ0) is 17.3. The van der Waals surface area contributed by atoms with Crippen LogP contribution in [-0.2, 0) is 16.9 Å². The minimum absolute atomic E-state index is 0.132. The lowest BCUT2D eigenvalue weighted by atomic mass is 9.87. The van der Waals surface area contributed by atoms with Gasteiger partial charge in [0, 0.05) is 29.3 Å². The first kappa shape index (κ1) is 18.1. The molecule has 0 aliphatic heterocycles. The molecule has 23 heavy (non-hydrogen) atoms. The summed E-state index contributed by atoms with van der Waals surface area (Å²) in [6, 6.07) is 6.03. The van der Waals surface area contributed by atoms with Crippen LogP contribution in [0.25, 0.3) is 0 Å². The Labute approximate surface area is 143 Å². The maximum absolute atomic E-state index is 13.3. The fourth-order valence-corrected chi connectivity index (χ4v) is 2.99. The minimum Gasteiger partial charge on any atom is -0.598 e. The number of halogens is 2. The molecule has 1 aromatic heterocycles. The van der Waals surface area contributed by atoms with Crippen LogP contribution in [0.15, 0.2) is 36.7 Å². The monoisotopic (exact) mass is 355 g/mol. The van der Waals surface area contributed by atoms with Crippen molar-refractivity contribution in [3.8, 4) is 0 Å². The number of hydrogen-bond donors (Lipinski definition) is 1. The van der Waals surface area contributed by atoms with Crippen molar-refractivity contribution >= 4 is 23.0 Å². The molecular weight excluding hydrogens is 337 g/mol. The summed E-state index contributed by atoms with van der Waals surface area (Å²) in [5.74, 6) is -0.333. The van der Waals surface area contributed by atoms with E-state index in [1.807, 2.05) is 27.7 Å². The van der Waals surface area contributed by atoms with Gasteiger partial charge < -0.3 is 4.55 Å². The smallest absolute Gasteiger partial charge is 0.222 e. The predicted molar refractivity (Wildman–Crippen MR) is 90.9 cm³/mol. The molecule has 0 spiro atoms. The molecule has 4 nitrogen and oxygen atoms in total. The van der Waals surface area contributed by atoms with Gasteiger partial charge in [-0.1, -0.05) is 12.1 Å². The van der Waals surface area contributed by atoms with Crippen molar-refractivity contribution in [2.24, 2.45) is 0 Å². The van der Waals surface area contributed by atoms with Crippen molar-refractivity contribution in [2.75, 3.05) is 0 Å². The quantitative estimate of drug-likeness (QED) is 0.672. The van der Waals surface area contributed by atoms with Crippen LogP contribution >= 0.6 is 11.6 Å². The molecule has 0 amide bonds. The van der Waals surface area contributed by atoms with E-state index in [4.69, 9.17) is 11.6 Å². The molecule has 124 valence electrons. The Bertz CT molecular complexity index is 613. The summed E-state index contributed by atoms with van der Waals surface area (Å²) in [5, 5.41) is 0.132. The highest BCUT2D eigenvalue weighted by Gasteiger charge is 2.39. The van der Waals surface area contributed by atoms with E-state index in [9.17, 15) is 8.94 Å². The lowest BCUT2D eigenvalue weighted by Gasteiger charge is -2.35. The van der Waals surface area contributed by atoms with Crippen molar-refractivity contribution in [1.82, 2.24) is 14.7 Å². The third-order valence-electron chi connectivity index (χ3n) is 3.47. The topological polar surface area (TPSA) is 60.9 Å². The Balaban J connectivity index is 2.49. The number of benzene rings is 1. The highest BCUT2D eigenvalue weighted by molar-refractivity contribution is 7.90. The predicted octanol–water partition coefficient (Wildman–Crippen LogP) is 3.58. The Morgan fingerprint density at radius 1 is 1.04 bits per heavy atom. The maximum Gasteiger partial charge on any atom is 0.222 e. The molecule has 7 heteroatoms. The number of rotatable bonds is 4. The number of nitrogens with zero attached hydrogens (tertiary/aromatic N) is 2. The van der Waals surface area contributed by atoms with E-state index in [0.717, 1.165) is 5.56 Å². The molecule has 2 atom stereocenters. The Kier molecular flexibility index (Phi) is 5.30. The third-order valence-corrected chi connectivity index (χ3v) is 5.37. The van der Waals surface area contributed by atoms with Crippen LogP contribution in [0.4, 0.5) is 4.39 Å². The average molecular weight is 356 g/mol. The molecule has 1 heterocycles. The zero-order valence-electron chi connectivity index (χ0n) is 13.4. The highest BCUT2D eigenvalue weighted by Crippen LogP contribution is 2.31. The van der Waals surface area contributed by atoms with Crippen molar-refractivity contribution < 1.29 is 8.94 Å². The van der Waals surface area contributed by atoms with E-state index < -0.39 is 21.6 Å². The van der Waals surface area contributed by atoms with Crippen LogP contribution in [0.3, 0.4) is 0 Å². The second kappa shape index (κ2) is 6.73. The van der Waals surface area contributed by atoms with Gasteiger partial charge in [0.15, 0.2) is 0 Å². The molecule has 0 fully saturated rings. The Morgan fingerprint density at radius 2 is 1.57 bits per heavy atom. The fourth-order valence-electron chi connectivity index (χ4n) is 1.98. The van der Waals surface area contributed by atoms with Gasteiger partial charge >= 0.3 is 0 Å². The van der Waals surface area contributed by atoms with Crippen LogP contribution in [0.1, 0.15) is 38.8 Å². The summed E-state index contributed by atoms with van der Waals surface area (Å²) in [6.45, 7) is 7.48. The summed E-state index contributed by atoms with van der Waals surface area (Å²) in [4.78, 5) is 8.00. The van der Waals surface area contributed by atoms with Crippen LogP contribution in [0.5, 0.6) is 0 Å². The summed E-state index contributed by atoms with van der Waals surface area (Å²) in [7, 11) is 0. The normalized spacial score (nSPS) is 16.0. The van der Waals surface area contributed by atoms with Gasteiger partial charge in [0.1, 0.15) is 16.1 Å². The van der Waals surface area contributed by atoms with Crippen molar-refractivity contribution in [2.45, 2.75) is 38.0 Å². The molecule has 0 aliphatic rings. The Morgan fingerprint density at radius 3 is 2.04 bits per heavy atom. The van der Waals surface area contributed by atoms with Gasteiger partial charge in [-0.15, -0.1) is 4.72 Å². The highest BCUT2D eigenvalue weighted by atomic mass is 35.5. The standard InChI is InChI=1S/C16H19ClFN3OS/c1-15(2,3)23(22)21-16(4,11-5-7-13(18)8-6-11)12-9-19-14(17)20-10-12/h5-10,21H,1-4H3. The first-order chi connectivity index (χ1) is 10.6. The molecule has 0 saturated heterocycles. The summed E-state index contributed by atoms with van der Waals surface area (Å²) in [6.07, 6.45) is 3.15. The van der Waals surface area contributed by atoms with Gasteiger partial charge in [-0.3, -0.25) is 0 Å². The molecule has 0 saturated carbocycles. The van der Waals surface area contributed by atoms with Gasteiger partial charge in [-0.2, -0.15) is 0 Å². The first-order valence-corrected chi connectivity index (χ1v) is 8.59. The lowest BCUT2D eigenvalue weighted by molar-refractivity contribution is 0.479. The van der Waals surface area contributed by atoms with Gasteiger partial charge in [-0.05, 0) is 57.0 Å². The summed E-state index contributed by atoms with van der Waals surface area (Å²) in [5.41, 5.74) is 0.588.